The number of nitrogens with one attached hydrogen (secondary N) is 3. The second-order valence-electron chi connectivity index (χ2n) is 5.20. The molecule has 0 saturated heterocycles. The van der Waals surface area contributed by atoms with Crippen LogP contribution >= 0.6 is 55.4 Å². The Hall–Kier alpha value is -0.770. The van der Waals surface area contributed by atoms with Crippen molar-refractivity contribution in [3.05, 3.63) is 57.0 Å². The molecule has 2 heterocycles. The number of hydrogen-bond acceptors (Lipinski definition) is 5. The van der Waals surface area contributed by atoms with Crippen molar-refractivity contribution < 1.29 is 0 Å². The summed E-state index contributed by atoms with van der Waals surface area (Å²) >= 11 is 10.6. The van der Waals surface area contributed by atoms with Crippen LogP contribution in [0.3, 0.4) is 0 Å². The van der Waals surface area contributed by atoms with Gasteiger partial charge in [0.05, 0.1) is 11.4 Å². The number of nitrogens with zero attached hydrogens (tertiary/aromatic N) is 2. The van der Waals surface area contributed by atoms with Gasteiger partial charge >= 0.3 is 0 Å². The fraction of sp³-hybridized carbons (Fsp3) is 0.353. The Morgan fingerprint density at radius 3 is 1.77 bits per heavy atom. The van der Waals surface area contributed by atoms with Gasteiger partial charge in [-0.2, -0.15) is 23.5 Å². The Kier molecular flexibility index (Phi) is 10.4. The summed E-state index contributed by atoms with van der Waals surface area (Å²) in [6, 6.07) is 7.84. The number of aromatic nitrogens is 2. The number of halogens is 2. The van der Waals surface area contributed by atoms with Crippen LogP contribution in [0, 0.1) is 5.41 Å². The summed E-state index contributed by atoms with van der Waals surface area (Å²) in [5.41, 5.74) is 2.12. The molecule has 3 N–H and O–H groups in total. The monoisotopic (exact) mass is 517 g/mol. The molecule has 0 aliphatic carbocycles. The van der Waals surface area contributed by atoms with E-state index in [0.717, 1.165) is 56.4 Å². The summed E-state index contributed by atoms with van der Waals surface area (Å²) < 4.78 is 2.09. The normalized spacial score (nSPS) is 10.5. The number of pyridine rings is 2. The third-order valence-corrected chi connectivity index (χ3v) is 6.63. The third kappa shape index (κ3) is 8.28. The molecule has 0 aliphatic rings. The van der Waals surface area contributed by atoms with Crippen LogP contribution in [-0.2, 0) is 11.5 Å². The van der Waals surface area contributed by atoms with Gasteiger partial charge in [0.25, 0.3) is 0 Å². The molecule has 2 rings (SSSR count). The molecule has 140 valence electrons. The van der Waals surface area contributed by atoms with E-state index in [9.17, 15) is 0 Å². The van der Waals surface area contributed by atoms with Crippen molar-refractivity contribution in [3.8, 4) is 0 Å². The van der Waals surface area contributed by atoms with E-state index < -0.39 is 0 Å². The Morgan fingerprint density at radius 1 is 0.885 bits per heavy atom. The van der Waals surface area contributed by atoms with E-state index in [-0.39, 0.29) is 0 Å². The molecule has 0 amide bonds. The lowest BCUT2D eigenvalue weighted by Crippen LogP contribution is -2.38. The summed E-state index contributed by atoms with van der Waals surface area (Å²) in [5.74, 6) is 3.96. The van der Waals surface area contributed by atoms with E-state index in [2.05, 4.69) is 52.5 Å². The fourth-order valence-corrected chi connectivity index (χ4v) is 4.74. The molecule has 0 aromatic carbocycles. The van der Waals surface area contributed by atoms with Gasteiger partial charge in [-0.1, -0.05) is 0 Å². The SMILES string of the molecule is N=C(NCCSCc1ncccc1Br)NCCSCc1ncccc1Br. The highest BCUT2D eigenvalue weighted by atomic mass is 79.9. The van der Waals surface area contributed by atoms with Gasteiger partial charge < -0.3 is 10.6 Å². The second kappa shape index (κ2) is 12.6. The fourth-order valence-electron chi connectivity index (χ4n) is 1.95. The molecule has 2 aromatic rings. The molecule has 0 atom stereocenters. The maximum atomic E-state index is 7.88. The number of rotatable bonds is 10. The van der Waals surface area contributed by atoms with E-state index in [1.165, 1.54) is 0 Å². The lowest BCUT2D eigenvalue weighted by atomic mass is 10.4. The smallest absolute Gasteiger partial charge is 0.188 e. The molecular weight excluding hydrogens is 498 g/mol. The van der Waals surface area contributed by atoms with E-state index >= 15 is 0 Å². The molecule has 2 aromatic heterocycles. The Balaban J connectivity index is 1.48. The van der Waals surface area contributed by atoms with Gasteiger partial charge in [-0.15, -0.1) is 0 Å². The molecule has 0 spiro atoms. The van der Waals surface area contributed by atoms with Crippen LogP contribution in [0.4, 0.5) is 0 Å². The highest BCUT2D eigenvalue weighted by Crippen LogP contribution is 2.19. The summed E-state index contributed by atoms with van der Waals surface area (Å²) in [7, 11) is 0. The Bertz CT molecular complexity index is 645. The van der Waals surface area contributed by atoms with Crippen molar-refractivity contribution >= 4 is 61.3 Å². The van der Waals surface area contributed by atoms with Crippen LogP contribution in [0.25, 0.3) is 0 Å². The predicted molar refractivity (Wildman–Crippen MR) is 120 cm³/mol. The lowest BCUT2D eigenvalue weighted by Gasteiger charge is -2.10. The van der Waals surface area contributed by atoms with Gasteiger partial charge in [-0.05, 0) is 56.1 Å². The minimum absolute atomic E-state index is 0.379. The predicted octanol–water partition coefficient (Wildman–Crippen LogP) is 4.28. The van der Waals surface area contributed by atoms with E-state index in [1.54, 1.807) is 23.5 Å². The summed E-state index contributed by atoms with van der Waals surface area (Å²) in [6.45, 7) is 1.52. The van der Waals surface area contributed by atoms with Gasteiger partial charge in [0, 0.05) is 57.4 Å². The van der Waals surface area contributed by atoms with Crippen molar-refractivity contribution in [3.63, 3.8) is 0 Å². The first kappa shape index (κ1) is 21.5. The third-order valence-electron chi connectivity index (χ3n) is 3.24. The van der Waals surface area contributed by atoms with Crippen LogP contribution < -0.4 is 10.6 Å². The summed E-state index contributed by atoms with van der Waals surface area (Å²) in [5, 5.41) is 14.1. The van der Waals surface area contributed by atoms with Crippen molar-refractivity contribution in [1.29, 1.82) is 5.41 Å². The van der Waals surface area contributed by atoms with E-state index in [1.807, 2.05) is 36.7 Å². The van der Waals surface area contributed by atoms with Gasteiger partial charge in [0.1, 0.15) is 0 Å². The minimum Gasteiger partial charge on any atom is -0.356 e. The molecule has 0 fully saturated rings. The van der Waals surface area contributed by atoms with Crippen molar-refractivity contribution in [1.82, 2.24) is 20.6 Å². The quantitative estimate of drug-likeness (QED) is 0.247. The summed E-state index contributed by atoms with van der Waals surface area (Å²) in [4.78, 5) is 8.69. The number of thioether (sulfide) groups is 2. The van der Waals surface area contributed by atoms with Crippen LogP contribution in [0.1, 0.15) is 11.4 Å². The average Bonchev–Trinajstić information content (AvgIpc) is 2.64. The zero-order chi connectivity index (χ0) is 18.6. The van der Waals surface area contributed by atoms with Crippen molar-refractivity contribution in [2.75, 3.05) is 24.6 Å². The highest BCUT2D eigenvalue weighted by Gasteiger charge is 2.02. The maximum absolute atomic E-state index is 7.88. The molecule has 0 aliphatic heterocycles. The molecule has 9 heteroatoms. The van der Waals surface area contributed by atoms with Gasteiger partial charge in [-0.3, -0.25) is 15.4 Å². The highest BCUT2D eigenvalue weighted by molar-refractivity contribution is 9.10. The molecule has 26 heavy (non-hydrogen) atoms. The Morgan fingerprint density at radius 2 is 1.35 bits per heavy atom. The van der Waals surface area contributed by atoms with E-state index in [0.29, 0.717) is 5.96 Å². The van der Waals surface area contributed by atoms with E-state index in [4.69, 9.17) is 5.41 Å². The van der Waals surface area contributed by atoms with Crippen LogP contribution in [0.15, 0.2) is 45.6 Å². The van der Waals surface area contributed by atoms with Crippen molar-refractivity contribution in [2.45, 2.75) is 11.5 Å². The van der Waals surface area contributed by atoms with Crippen LogP contribution in [0.2, 0.25) is 0 Å². The maximum Gasteiger partial charge on any atom is 0.188 e. The molecule has 0 saturated carbocycles. The number of guanidine groups is 1. The van der Waals surface area contributed by atoms with Gasteiger partial charge in [0.2, 0.25) is 0 Å². The first-order valence-corrected chi connectivity index (χ1v) is 12.0. The van der Waals surface area contributed by atoms with Gasteiger partial charge in [0.15, 0.2) is 5.96 Å². The average molecular weight is 519 g/mol. The second-order valence-corrected chi connectivity index (χ2v) is 9.12. The molecule has 0 unspecified atom stereocenters. The lowest BCUT2D eigenvalue weighted by molar-refractivity contribution is 0.858. The topological polar surface area (TPSA) is 73.7 Å². The zero-order valence-electron chi connectivity index (χ0n) is 14.2. The first-order chi connectivity index (χ1) is 12.7. The largest absolute Gasteiger partial charge is 0.356 e. The van der Waals surface area contributed by atoms with Crippen LogP contribution in [-0.4, -0.2) is 40.5 Å². The molecule has 0 radical (unpaired) electrons. The van der Waals surface area contributed by atoms with Crippen LogP contribution in [0.5, 0.6) is 0 Å². The molecule has 0 bridgehead atoms. The molecule has 5 nitrogen and oxygen atoms in total. The first-order valence-electron chi connectivity index (χ1n) is 8.07. The Labute approximate surface area is 179 Å². The zero-order valence-corrected chi connectivity index (χ0v) is 19.0. The minimum atomic E-state index is 0.379. The number of hydrogen-bond donors (Lipinski definition) is 3. The molecular formula is C17H21Br2N5S2. The van der Waals surface area contributed by atoms with Gasteiger partial charge in [-0.25, -0.2) is 0 Å². The van der Waals surface area contributed by atoms with Crippen molar-refractivity contribution in [2.24, 2.45) is 0 Å². The standard InChI is InChI=1S/C17H21Br2N5S2/c18-13-3-1-5-21-15(13)11-25-9-7-23-17(20)24-8-10-26-12-16-14(19)4-2-6-22-16/h1-6H,7-12H2,(H3,20,23,24). The summed E-state index contributed by atoms with van der Waals surface area (Å²) in [6.07, 6.45) is 3.62.